The van der Waals surface area contributed by atoms with Gasteiger partial charge in [0.25, 0.3) is 0 Å². The SMILES string of the molecule is CC(C)C(=O)N[C@@H](Cc1c[nH]c2ccccc12)C(=O)N1CCc2ccccc2C1. The summed E-state index contributed by atoms with van der Waals surface area (Å²) in [6.45, 7) is 4.97. The van der Waals surface area contributed by atoms with E-state index >= 15 is 0 Å². The Bertz CT molecular complexity index is 1040. The molecule has 5 nitrogen and oxygen atoms in total. The Morgan fingerprint density at radius 3 is 2.59 bits per heavy atom. The fourth-order valence-corrected chi connectivity index (χ4v) is 3.96. The van der Waals surface area contributed by atoms with Crippen molar-refractivity contribution < 1.29 is 9.59 Å². The standard InChI is InChI=1S/C24H27N3O2/c1-16(2)23(28)26-22(13-19-14-25-21-10-6-5-9-20(19)21)24(29)27-12-11-17-7-3-4-8-18(17)15-27/h3-10,14,16,22,25H,11-13,15H2,1-2H3,(H,26,28)/t22-/m0/s1. The van der Waals surface area contributed by atoms with Crippen molar-refractivity contribution in [3.63, 3.8) is 0 Å². The van der Waals surface area contributed by atoms with Crippen LogP contribution >= 0.6 is 0 Å². The van der Waals surface area contributed by atoms with Gasteiger partial charge in [-0.3, -0.25) is 9.59 Å². The Labute approximate surface area is 171 Å². The predicted molar refractivity (Wildman–Crippen MR) is 114 cm³/mol. The van der Waals surface area contributed by atoms with Crippen LogP contribution in [-0.4, -0.2) is 34.3 Å². The van der Waals surface area contributed by atoms with Gasteiger partial charge >= 0.3 is 0 Å². The number of aromatic amines is 1. The quantitative estimate of drug-likeness (QED) is 0.702. The second-order valence-electron chi connectivity index (χ2n) is 8.06. The molecule has 1 aliphatic heterocycles. The molecule has 0 unspecified atom stereocenters. The van der Waals surface area contributed by atoms with Crippen LogP contribution in [0.4, 0.5) is 0 Å². The molecule has 2 N–H and O–H groups in total. The molecular formula is C24H27N3O2. The maximum Gasteiger partial charge on any atom is 0.245 e. The number of aromatic nitrogens is 1. The van der Waals surface area contributed by atoms with E-state index in [0.717, 1.165) is 22.9 Å². The minimum atomic E-state index is -0.575. The molecule has 0 fully saturated rings. The van der Waals surface area contributed by atoms with Gasteiger partial charge in [0.15, 0.2) is 0 Å². The number of carbonyl (C=O) groups excluding carboxylic acids is 2. The average Bonchev–Trinajstić information content (AvgIpc) is 3.15. The van der Waals surface area contributed by atoms with Gasteiger partial charge in [0, 0.05) is 42.5 Å². The molecule has 0 saturated carbocycles. The third-order valence-corrected chi connectivity index (χ3v) is 5.68. The number of benzene rings is 2. The first-order chi connectivity index (χ1) is 14.0. The Morgan fingerprint density at radius 2 is 1.79 bits per heavy atom. The van der Waals surface area contributed by atoms with Crippen LogP contribution in [0.1, 0.15) is 30.5 Å². The molecule has 4 rings (SSSR count). The number of rotatable bonds is 5. The number of carbonyl (C=O) groups is 2. The van der Waals surface area contributed by atoms with Gasteiger partial charge in [-0.15, -0.1) is 0 Å². The Kier molecular flexibility index (Phi) is 5.38. The molecule has 0 aliphatic carbocycles. The topological polar surface area (TPSA) is 65.2 Å². The Morgan fingerprint density at radius 1 is 1.07 bits per heavy atom. The van der Waals surface area contributed by atoms with Crippen LogP contribution < -0.4 is 5.32 Å². The largest absolute Gasteiger partial charge is 0.361 e. The number of H-pyrrole nitrogens is 1. The highest BCUT2D eigenvalue weighted by molar-refractivity contribution is 5.90. The van der Waals surface area contributed by atoms with Gasteiger partial charge in [-0.25, -0.2) is 0 Å². The first-order valence-corrected chi connectivity index (χ1v) is 10.2. The number of fused-ring (bicyclic) bond motifs is 2. The summed E-state index contributed by atoms with van der Waals surface area (Å²) in [7, 11) is 0. The molecule has 1 aliphatic rings. The zero-order valence-corrected chi connectivity index (χ0v) is 16.9. The second kappa shape index (κ2) is 8.11. The van der Waals surface area contributed by atoms with Crippen LogP contribution in [0, 0.1) is 5.92 Å². The zero-order valence-electron chi connectivity index (χ0n) is 16.9. The van der Waals surface area contributed by atoms with Crippen molar-refractivity contribution in [3.05, 3.63) is 71.4 Å². The number of hydrogen-bond donors (Lipinski definition) is 2. The van der Waals surface area contributed by atoms with Crippen LogP contribution in [0.2, 0.25) is 0 Å². The lowest BCUT2D eigenvalue weighted by Gasteiger charge is -2.32. The summed E-state index contributed by atoms with van der Waals surface area (Å²) in [4.78, 5) is 31.0. The zero-order chi connectivity index (χ0) is 20.4. The summed E-state index contributed by atoms with van der Waals surface area (Å²) < 4.78 is 0. The molecule has 0 radical (unpaired) electrons. The van der Waals surface area contributed by atoms with E-state index in [1.807, 2.05) is 61.3 Å². The third-order valence-electron chi connectivity index (χ3n) is 5.68. The highest BCUT2D eigenvalue weighted by atomic mass is 16.2. The van der Waals surface area contributed by atoms with E-state index in [2.05, 4.69) is 22.4 Å². The van der Waals surface area contributed by atoms with Gasteiger partial charge in [0.1, 0.15) is 6.04 Å². The number of nitrogens with one attached hydrogen (secondary N) is 2. The first kappa shape index (κ1) is 19.2. The molecule has 2 heterocycles. The van der Waals surface area contributed by atoms with Crippen LogP contribution in [0.25, 0.3) is 10.9 Å². The first-order valence-electron chi connectivity index (χ1n) is 10.2. The number of para-hydroxylation sites is 1. The summed E-state index contributed by atoms with van der Waals surface area (Å²) in [5.41, 5.74) is 4.57. The third kappa shape index (κ3) is 4.04. The fourth-order valence-electron chi connectivity index (χ4n) is 3.96. The molecule has 1 atom stereocenters. The van der Waals surface area contributed by atoms with Crippen LogP contribution in [0.15, 0.2) is 54.7 Å². The number of hydrogen-bond acceptors (Lipinski definition) is 2. The van der Waals surface area contributed by atoms with E-state index in [1.54, 1.807) is 0 Å². The normalized spacial score (nSPS) is 14.7. The minimum Gasteiger partial charge on any atom is -0.361 e. The minimum absolute atomic E-state index is 0.0150. The molecule has 29 heavy (non-hydrogen) atoms. The van der Waals surface area contributed by atoms with E-state index in [-0.39, 0.29) is 17.7 Å². The van der Waals surface area contributed by atoms with E-state index < -0.39 is 6.04 Å². The molecule has 5 heteroatoms. The van der Waals surface area contributed by atoms with Crippen molar-refractivity contribution in [3.8, 4) is 0 Å². The van der Waals surface area contributed by atoms with Gasteiger partial charge < -0.3 is 15.2 Å². The lowest BCUT2D eigenvalue weighted by Crippen LogP contribution is -2.51. The monoisotopic (exact) mass is 389 g/mol. The van der Waals surface area contributed by atoms with E-state index in [9.17, 15) is 9.59 Å². The van der Waals surface area contributed by atoms with Crippen molar-refractivity contribution in [1.29, 1.82) is 0 Å². The number of amides is 2. The van der Waals surface area contributed by atoms with Crippen molar-refractivity contribution in [2.45, 2.75) is 39.3 Å². The van der Waals surface area contributed by atoms with Crippen molar-refractivity contribution in [1.82, 2.24) is 15.2 Å². The smallest absolute Gasteiger partial charge is 0.245 e. The molecule has 0 bridgehead atoms. The van der Waals surface area contributed by atoms with Gasteiger partial charge in [-0.1, -0.05) is 56.3 Å². The summed E-state index contributed by atoms with van der Waals surface area (Å²) in [6.07, 6.45) is 3.26. The second-order valence-corrected chi connectivity index (χ2v) is 8.06. The van der Waals surface area contributed by atoms with E-state index in [0.29, 0.717) is 19.5 Å². The van der Waals surface area contributed by atoms with Crippen molar-refractivity contribution in [2.24, 2.45) is 5.92 Å². The molecular weight excluding hydrogens is 362 g/mol. The molecule has 3 aromatic rings. The van der Waals surface area contributed by atoms with Crippen LogP contribution in [0.5, 0.6) is 0 Å². The highest BCUT2D eigenvalue weighted by Crippen LogP contribution is 2.22. The highest BCUT2D eigenvalue weighted by Gasteiger charge is 2.29. The van der Waals surface area contributed by atoms with Crippen LogP contribution in [0.3, 0.4) is 0 Å². The summed E-state index contributed by atoms with van der Waals surface area (Å²) >= 11 is 0. The Balaban J connectivity index is 1.58. The molecule has 150 valence electrons. The van der Waals surface area contributed by atoms with Crippen molar-refractivity contribution >= 4 is 22.7 Å². The summed E-state index contributed by atoms with van der Waals surface area (Å²) in [5.74, 6) is -0.283. The van der Waals surface area contributed by atoms with E-state index in [1.165, 1.54) is 11.1 Å². The average molecular weight is 389 g/mol. The van der Waals surface area contributed by atoms with Gasteiger partial charge in [-0.2, -0.15) is 0 Å². The van der Waals surface area contributed by atoms with Gasteiger partial charge in [0.2, 0.25) is 11.8 Å². The number of nitrogens with zero attached hydrogens (tertiary/aromatic N) is 1. The molecule has 0 spiro atoms. The molecule has 1 aromatic heterocycles. The lowest BCUT2D eigenvalue weighted by molar-refractivity contribution is -0.137. The molecule has 2 aromatic carbocycles. The van der Waals surface area contributed by atoms with Crippen molar-refractivity contribution in [2.75, 3.05) is 6.54 Å². The van der Waals surface area contributed by atoms with Gasteiger partial charge in [-0.05, 0) is 29.2 Å². The molecule has 0 saturated heterocycles. The van der Waals surface area contributed by atoms with Crippen LogP contribution in [-0.2, 0) is 29.0 Å². The maximum atomic E-state index is 13.4. The molecule has 2 amide bonds. The predicted octanol–water partition coefficient (Wildman–Crippen LogP) is 3.44. The van der Waals surface area contributed by atoms with E-state index in [4.69, 9.17) is 0 Å². The summed E-state index contributed by atoms with van der Waals surface area (Å²) in [6, 6.07) is 15.7. The summed E-state index contributed by atoms with van der Waals surface area (Å²) in [5, 5.41) is 4.09. The Hall–Kier alpha value is -3.08. The lowest BCUT2D eigenvalue weighted by atomic mass is 9.98. The fraction of sp³-hybridized carbons (Fsp3) is 0.333. The maximum absolute atomic E-state index is 13.4. The van der Waals surface area contributed by atoms with Gasteiger partial charge in [0.05, 0.1) is 0 Å².